The van der Waals surface area contributed by atoms with E-state index in [4.69, 9.17) is 16.2 Å². The van der Waals surface area contributed by atoms with Crippen molar-refractivity contribution >= 4 is 17.6 Å². The summed E-state index contributed by atoms with van der Waals surface area (Å²) in [6.45, 7) is 1.58. The van der Waals surface area contributed by atoms with Gasteiger partial charge in [-0.15, -0.1) is 0 Å². The summed E-state index contributed by atoms with van der Waals surface area (Å²) in [5.41, 5.74) is 6.45. The minimum Gasteiger partial charge on any atom is -0.382 e. The van der Waals surface area contributed by atoms with E-state index in [0.717, 1.165) is 25.0 Å². The predicted molar refractivity (Wildman–Crippen MR) is 110 cm³/mol. The quantitative estimate of drug-likeness (QED) is 0.519. The average Bonchev–Trinajstić information content (AvgIpc) is 3.36. The second kappa shape index (κ2) is 7.96. The number of primary amides is 1. The molecule has 9 nitrogen and oxygen atoms in total. The predicted octanol–water partition coefficient (Wildman–Crippen LogP) is 1.32. The second-order valence-electron chi connectivity index (χ2n) is 8.28. The van der Waals surface area contributed by atoms with E-state index in [9.17, 15) is 27.9 Å². The monoisotopic (exact) mass is 465 g/mol. The van der Waals surface area contributed by atoms with Crippen LogP contribution in [-0.4, -0.2) is 51.3 Å². The standard InChI is InChI=1S/C21H22F3N5O4/c1-9-2-3-10(20(32,19(26)31)21(22,23)24)6-12(9)14-8-27-17(25)16(28-14)18(30)29-13-7-11-4-5-15(13)33-11/h2-3,6,8,11,13,15,32H,4-5,7H2,1H3,(H2,25,27)(H2,26,31)(H,29,30). The number of carbonyl (C=O) groups excluding carboxylic acids is 2. The average molecular weight is 465 g/mol. The SMILES string of the molecule is Cc1ccc(C(O)(C(N)=O)C(F)(F)F)cc1-c1cnc(N)c(C(=O)NC2CC3CCC2O3)n1. The number of benzene rings is 1. The summed E-state index contributed by atoms with van der Waals surface area (Å²) in [6.07, 6.45) is -1.68. The zero-order chi connectivity index (χ0) is 24.1. The first kappa shape index (κ1) is 22.9. The lowest BCUT2D eigenvalue weighted by molar-refractivity contribution is -0.255. The first-order valence-corrected chi connectivity index (χ1v) is 10.2. The van der Waals surface area contributed by atoms with Gasteiger partial charge in [0.1, 0.15) is 0 Å². The van der Waals surface area contributed by atoms with Crippen molar-refractivity contribution in [2.75, 3.05) is 5.73 Å². The fourth-order valence-electron chi connectivity index (χ4n) is 4.29. The number of nitrogen functional groups attached to an aromatic ring is 1. The molecule has 33 heavy (non-hydrogen) atoms. The Balaban J connectivity index is 1.69. The number of nitrogens with one attached hydrogen (secondary N) is 1. The lowest BCUT2D eigenvalue weighted by Gasteiger charge is -2.28. The van der Waals surface area contributed by atoms with Crippen LogP contribution in [0.5, 0.6) is 0 Å². The molecule has 2 bridgehead atoms. The highest BCUT2D eigenvalue weighted by Crippen LogP contribution is 2.40. The Morgan fingerprint density at radius 1 is 1.27 bits per heavy atom. The van der Waals surface area contributed by atoms with Gasteiger partial charge in [0.15, 0.2) is 11.5 Å². The summed E-state index contributed by atoms with van der Waals surface area (Å²) in [5.74, 6) is -2.71. The number of rotatable bonds is 5. The van der Waals surface area contributed by atoms with Crippen LogP contribution in [0.25, 0.3) is 11.3 Å². The number of alkyl halides is 3. The van der Waals surface area contributed by atoms with Gasteiger partial charge in [0.25, 0.3) is 17.4 Å². The van der Waals surface area contributed by atoms with Crippen molar-refractivity contribution in [1.82, 2.24) is 15.3 Å². The number of nitrogens with zero attached hydrogens (tertiary/aromatic N) is 2. The third-order valence-corrected chi connectivity index (χ3v) is 6.14. The van der Waals surface area contributed by atoms with Crippen molar-refractivity contribution in [3.63, 3.8) is 0 Å². The van der Waals surface area contributed by atoms with E-state index < -0.39 is 29.2 Å². The molecule has 1 aromatic heterocycles. The fourth-order valence-corrected chi connectivity index (χ4v) is 4.29. The molecular formula is C21H22F3N5O4. The molecule has 0 saturated carbocycles. The maximum absolute atomic E-state index is 13.5. The van der Waals surface area contributed by atoms with Crippen LogP contribution < -0.4 is 16.8 Å². The first-order chi connectivity index (χ1) is 15.4. The van der Waals surface area contributed by atoms with Crippen molar-refractivity contribution in [1.29, 1.82) is 0 Å². The zero-order valence-corrected chi connectivity index (χ0v) is 17.5. The highest BCUT2D eigenvalue weighted by Gasteiger charge is 2.60. The number of halogens is 3. The Bertz CT molecular complexity index is 1130. The molecule has 2 amide bonds. The van der Waals surface area contributed by atoms with E-state index in [1.165, 1.54) is 12.3 Å². The number of carbonyl (C=O) groups is 2. The van der Waals surface area contributed by atoms with Gasteiger partial charge < -0.3 is 26.6 Å². The number of amides is 2. The largest absolute Gasteiger partial charge is 0.430 e. The summed E-state index contributed by atoms with van der Waals surface area (Å²) < 4.78 is 46.2. The Kier molecular flexibility index (Phi) is 5.53. The number of aryl methyl sites for hydroxylation is 1. The molecule has 2 aliphatic rings. The van der Waals surface area contributed by atoms with Crippen molar-refractivity contribution in [3.05, 3.63) is 41.2 Å². The highest BCUT2D eigenvalue weighted by atomic mass is 19.4. The van der Waals surface area contributed by atoms with E-state index in [0.29, 0.717) is 12.0 Å². The molecule has 4 atom stereocenters. The molecule has 6 N–H and O–H groups in total. The van der Waals surface area contributed by atoms with Gasteiger partial charge in [-0.05, 0) is 37.8 Å². The Morgan fingerprint density at radius 2 is 2.00 bits per heavy atom. The number of nitrogens with two attached hydrogens (primary N) is 2. The van der Waals surface area contributed by atoms with E-state index in [-0.39, 0.29) is 41.0 Å². The molecule has 1 aromatic carbocycles. The van der Waals surface area contributed by atoms with E-state index in [2.05, 4.69) is 15.3 Å². The Labute approximate surface area is 186 Å². The van der Waals surface area contributed by atoms with E-state index >= 15 is 0 Å². The van der Waals surface area contributed by atoms with Gasteiger partial charge in [0.05, 0.1) is 30.1 Å². The third kappa shape index (κ3) is 3.89. The minimum absolute atomic E-state index is 0.0342. The molecule has 0 radical (unpaired) electrons. The number of fused-ring (bicyclic) bond motifs is 2. The Morgan fingerprint density at radius 3 is 2.58 bits per heavy atom. The summed E-state index contributed by atoms with van der Waals surface area (Å²) in [6, 6.07) is 2.97. The number of aromatic nitrogens is 2. The minimum atomic E-state index is -5.36. The molecule has 2 fully saturated rings. The maximum Gasteiger partial charge on any atom is 0.430 e. The van der Waals surface area contributed by atoms with Crippen LogP contribution in [0, 0.1) is 6.92 Å². The van der Waals surface area contributed by atoms with E-state index in [1.54, 1.807) is 6.92 Å². The van der Waals surface area contributed by atoms with Gasteiger partial charge in [-0.2, -0.15) is 13.2 Å². The van der Waals surface area contributed by atoms with Crippen LogP contribution in [0.15, 0.2) is 24.4 Å². The second-order valence-corrected chi connectivity index (χ2v) is 8.28. The number of anilines is 1. The van der Waals surface area contributed by atoms with Crippen LogP contribution >= 0.6 is 0 Å². The van der Waals surface area contributed by atoms with Gasteiger partial charge >= 0.3 is 6.18 Å². The summed E-state index contributed by atoms with van der Waals surface area (Å²) in [5, 5.41) is 13.0. The van der Waals surface area contributed by atoms with Crippen LogP contribution in [0.3, 0.4) is 0 Å². The third-order valence-electron chi connectivity index (χ3n) is 6.14. The topological polar surface area (TPSA) is 153 Å². The molecule has 0 aliphatic carbocycles. The molecule has 0 spiro atoms. The van der Waals surface area contributed by atoms with Crippen molar-refractivity contribution in [2.45, 2.75) is 56.2 Å². The molecule has 176 valence electrons. The molecule has 12 heteroatoms. The number of ether oxygens (including phenoxy) is 1. The Hall–Kier alpha value is -3.25. The van der Waals surface area contributed by atoms with Crippen LogP contribution in [0.4, 0.5) is 19.0 Å². The molecule has 2 aliphatic heterocycles. The maximum atomic E-state index is 13.5. The highest BCUT2D eigenvalue weighted by molar-refractivity contribution is 5.97. The number of aliphatic hydroxyl groups is 1. The first-order valence-electron chi connectivity index (χ1n) is 10.2. The van der Waals surface area contributed by atoms with Crippen molar-refractivity contribution < 1.29 is 32.6 Å². The van der Waals surface area contributed by atoms with Gasteiger partial charge in [-0.3, -0.25) is 9.59 Å². The number of hydrogen-bond donors (Lipinski definition) is 4. The lowest BCUT2D eigenvalue weighted by Crippen LogP contribution is -2.52. The van der Waals surface area contributed by atoms with Gasteiger partial charge in [-0.1, -0.05) is 12.1 Å². The fraction of sp³-hybridized carbons (Fsp3) is 0.429. The number of hydrogen-bond acceptors (Lipinski definition) is 7. The summed E-state index contributed by atoms with van der Waals surface area (Å²) in [4.78, 5) is 32.5. The molecule has 4 rings (SSSR count). The van der Waals surface area contributed by atoms with E-state index in [1.807, 2.05) is 0 Å². The van der Waals surface area contributed by atoms with Crippen LogP contribution in [-0.2, 0) is 15.1 Å². The molecule has 2 aromatic rings. The van der Waals surface area contributed by atoms with Gasteiger partial charge in [0.2, 0.25) is 0 Å². The van der Waals surface area contributed by atoms with Crippen LogP contribution in [0.2, 0.25) is 0 Å². The normalized spacial score (nSPS) is 23.8. The van der Waals surface area contributed by atoms with Gasteiger partial charge in [0, 0.05) is 11.1 Å². The summed E-state index contributed by atoms with van der Waals surface area (Å²) >= 11 is 0. The lowest BCUT2D eigenvalue weighted by atomic mass is 9.89. The zero-order valence-electron chi connectivity index (χ0n) is 17.5. The molecular weight excluding hydrogens is 443 g/mol. The smallest absolute Gasteiger partial charge is 0.382 e. The molecule has 4 unspecified atom stereocenters. The summed E-state index contributed by atoms with van der Waals surface area (Å²) in [7, 11) is 0. The van der Waals surface area contributed by atoms with Crippen molar-refractivity contribution in [2.24, 2.45) is 5.73 Å². The van der Waals surface area contributed by atoms with Gasteiger partial charge in [-0.25, -0.2) is 9.97 Å². The van der Waals surface area contributed by atoms with Crippen LogP contribution in [0.1, 0.15) is 40.9 Å². The molecule has 2 saturated heterocycles. The molecule has 3 heterocycles. The van der Waals surface area contributed by atoms with Crippen molar-refractivity contribution in [3.8, 4) is 11.3 Å².